The number of anilines is 2. The molecule has 0 radical (unpaired) electrons. The Labute approximate surface area is 174 Å². The Morgan fingerprint density at radius 1 is 1.24 bits per heavy atom. The van der Waals surface area contributed by atoms with Gasteiger partial charge in [0.15, 0.2) is 10.3 Å². The number of carbonyl (C=O) groups is 2. The highest BCUT2D eigenvalue weighted by Gasteiger charge is 2.21. The van der Waals surface area contributed by atoms with Gasteiger partial charge in [-0.15, -0.1) is 21.5 Å². The van der Waals surface area contributed by atoms with Crippen LogP contribution in [0.3, 0.4) is 0 Å². The van der Waals surface area contributed by atoms with Crippen LogP contribution in [0.25, 0.3) is 0 Å². The molecule has 29 heavy (non-hydrogen) atoms. The molecular formula is C18H19FN6O2S2. The molecule has 2 N–H and O–H groups in total. The van der Waals surface area contributed by atoms with Crippen LogP contribution in [-0.2, 0) is 22.6 Å². The summed E-state index contributed by atoms with van der Waals surface area (Å²) in [6.07, 6.45) is 1.63. The largest absolute Gasteiger partial charge is 0.326 e. The number of benzene rings is 1. The first-order chi connectivity index (χ1) is 14.0. The van der Waals surface area contributed by atoms with Crippen molar-refractivity contribution in [1.82, 2.24) is 19.7 Å². The molecule has 0 fully saturated rings. The predicted octanol–water partition coefficient (Wildman–Crippen LogP) is 3.19. The third-order valence-corrected chi connectivity index (χ3v) is 5.64. The Morgan fingerprint density at radius 2 is 2.00 bits per heavy atom. The number of nitrogens with one attached hydrogen (secondary N) is 2. The molecule has 3 aromatic rings. The second kappa shape index (κ2) is 9.61. The molecule has 2 amide bonds. The third kappa shape index (κ3) is 5.61. The zero-order valence-electron chi connectivity index (χ0n) is 15.8. The molecule has 8 nitrogen and oxygen atoms in total. The van der Waals surface area contributed by atoms with Crippen LogP contribution in [0.1, 0.15) is 19.7 Å². The normalized spacial score (nSPS) is 11.8. The van der Waals surface area contributed by atoms with Gasteiger partial charge in [-0.3, -0.25) is 9.59 Å². The van der Waals surface area contributed by atoms with E-state index in [0.717, 1.165) is 0 Å². The van der Waals surface area contributed by atoms with Crippen LogP contribution in [0.2, 0.25) is 0 Å². The van der Waals surface area contributed by atoms with E-state index in [1.54, 1.807) is 23.1 Å². The summed E-state index contributed by atoms with van der Waals surface area (Å²) < 4.78 is 14.8. The molecular weight excluding hydrogens is 415 g/mol. The Balaban J connectivity index is 1.62. The van der Waals surface area contributed by atoms with Gasteiger partial charge < -0.3 is 15.2 Å². The molecule has 1 aromatic carbocycles. The number of amides is 2. The summed E-state index contributed by atoms with van der Waals surface area (Å²) in [4.78, 5) is 28.6. The molecule has 0 saturated heterocycles. The molecule has 0 saturated carbocycles. The zero-order valence-corrected chi connectivity index (χ0v) is 17.4. The smallest absolute Gasteiger partial charge is 0.239 e. The van der Waals surface area contributed by atoms with Crippen LogP contribution >= 0.6 is 23.1 Å². The third-order valence-electron chi connectivity index (χ3n) is 3.87. The lowest BCUT2D eigenvalue weighted by Crippen LogP contribution is -2.23. The lowest BCUT2D eigenvalue weighted by molar-refractivity contribution is -0.116. The molecule has 152 valence electrons. The van der Waals surface area contributed by atoms with E-state index in [1.807, 2.05) is 6.92 Å². The highest BCUT2D eigenvalue weighted by atomic mass is 32.2. The van der Waals surface area contributed by atoms with E-state index in [9.17, 15) is 14.0 Å². The molecule has 1 atom stereocenters. The van der Waals surface area contributed by atoms with Crippen molar-refractivity contribution >= 4 is 45.7 Å². The molecule has 11 heteroatoms. The maximum atomic E-state index is 13.0. The van der Waals surface area contributed by atoms with Gasteiger partial charge in [-0.05, 0) is 38.1 Å². The van der Waals surface area contributed by atoms with E-state index in [4.69, 9.17) is 0 Å². The van der Waals surface area contributed by atoms with E-state index in [1.165, 1.54) is 47.4 Å². The Hall–Kier alpha value is -2.79. The summed E-state index contributed by atoms with van der Waals surface area (Å²) in [6, 6.07) is 5.53. The number of aromatic nitrogens is 4. The number of hydrogen-bond acceptors (Lipinski definition) is 7. The van der Waals surface area contributed by atoms with E-state index in [0.29, 0.717) is 28.3 Å². The minimum Gasteiger partial charge on any atom is -0.326 e. The van der Waals surface area contributed by atoms with Crippen molar-refractivity contribution in [3.63, 3.8) is 0 Å². The molecule has 0 unspecified atom stereocenters. The van der Waals surface area contributed by atoms with Crippen LogP contribution in [0.5, 0.6) is 0 Å². The maximum absolute atomic E-state index is 13.0. The van der Waals surface area contributed by atoms with Crippen LogP contribution in [-0.4, -0.2) is 36.8 Å². The van der Waals surface area contributed by atoms with Crippen molar-refractivity contribution in [2.24, 2.45) is 0 Å². The summed E-state index contributed by atoms with van der Waals surface area (Å²) >= 11 is 2.60. The number of thioether (sulfide) groups is 1. The summed E-state index contributed by atoms with van der Waals surface area (Å²) in [5, 5.41) is 16.1. The molecule has 0 aliphatic rings. The van der Waals surface area contributed by atoms with Crippen LogP contribution in [0.15, 0.2) is 41.0 Å². The lowest BCUT2D eigenvalue weighted by atomic mass is 10.3. The Kier molecular flexibility index (Phi) is 6.94. The first-order valence-electron chi connectivity index (χ1n) is 8.80. The van der Waals surface area contributed by atoms with Crippen LogP contribution in [0.4, 0.5) is 15.2 Å². The molecule has 3 rings (SSSR count). The minimum absolute atomic E-state index is 0.0124. The summed E-state index contributed by atoms with van der Waals surface area (Å²) in [6.45, 7) is 4.23. The molecule has 2 heterocycles. The fourth-order valence-electron chi connectivity index (χ4n) is 2.44. The summed E-state index contributed by atoms with van der Waals surface area (Å²) in [5.41, 5.74) is 0.501. The first-order valence-corrected chi connectivity index (χ1v) is 10.6. The number of rotatable bonds is 8. The van der Waals surface area contributed by atoms with Gasteiger partial charge in [-0.2, -0.15) is 0 Å². The van der Waals surface area contributed by atoms with Crippen molar-refractivity contribution < 1.29 is 14.0 Å². The fourth-order valence-corrected chi connectivity index (χ4v) is 3.90. The number of carbonyl (C=O) groups excluding carboxylic acids is 2. The molecule has 2 aromatic heterocycles. The van der Waals surface area contributed by atoms with Gasteiger partial charge in [0, 0.05) is 23.8 Å². The predicted molar refractivity (Wildman–Crippen MR) is 110 cm³/mol. The van der Waals surface area contributed by atoms with Crippen molar-refractivity contribution in [3.8, 4) is 0 Å². The molecule has 0 spiro atoms. The van der Waals surface area contributed by atoms with Gasteiger partial charge in [-0.25, -0.2) is 9.37 Å². The lowest BCUT2D eigenvalue weighted by Gasteiger charge is -2.11. The van der Waals surface area contributed by atoms with Gasteiger partial charge >= 0.3 is 0 Å². The number of nitrogens with zero attached hydrogens (tertiary/aromatic N) is 4. The van der Waals surface area contributed by atoms with Crippen LogP contribution in [0, 0.1) is 5.82 Å². The standard InChI is InChI=1S/C18H19FN6O2S2/c1-3-25-14(10-15(26)21-13-6-4-12(19)5-7-13)23-24-18(25)29-11(2)16(27)22-17-20-8-9-28-17/h4-9,11H,3,10H2,1-2H3,(H,21,26)(H,20,22,27)/t11-/m1/s1. The Morgan fingerprint density at radius 3 is 2.66 bits per heavy atom. The van der Waals surface area contributed by atoms with E-state index >= 15 is 0 Å². The average molecular weight is 435 g/mol. The maximum Gasteiger partial charge on any atom is 0.239 e. The van der Waals surface area contributed by atoms with E-state index in [2.05, 4.69) is 25.8 Å². The van der Waals surface area contributed by atoms with Crippen molar-refractivity contribution in [1.29, 1.82) is 0 Å². The van der Waals surface area contributed by atoms with E-state index in [-0.39, 0.29) is 24.1 Å². The van der Waals surface area contributed by atoms with Gasteiger partial charge in [0.05, 0.1) is 11.7 Å². The van der Waals surface area contributed by atoms with Crippen molar-refractivity contribution in [2.75, 3.05) is 10.6 Å². The highest BCUT2D eigenvalue weighted by molar-refractivity contribution is 8.00. The zero-order chi connectivity index (χ0) is 20.8. The second-order valence-corrected chi connectivity index (χ2v) is 8.16. The molecule has 0 bridgehead atoms. The van der Waals surface area contributed by atoms with Crippen LogP contribution < -0.4 is 10.6 Å². The quantitative estimate of drug-likeness (QED) is 0.528. The van der Waals surface area contributed by atoms with Gasteiger partial charge in [0.1, 0.15) is 11.6 Å². The first kappa shape index (κ1) is 20.9. The monoisotopic (exact) mass is 434 g/mol. The van der Waals surface area contributed by atoms with Crippen molar-refractivity contribution in [2.45, 2.75) is 37.2 Å². The number of halogens is 1. The summed E-state index contributed by atoms with van der Waals surface area (Å²) in [5.74, 6) is -0.360. The SMILES string of the molecule is CCn1c(CC(=O)Nc2ccc(F)cc2)nnc1S[C@H](C)C(=O)Nc1nccs1. The average Bonchev–Trinajstić information content (AvgIpc) is 3.33. The topological polar surface area (TPSA) is 102 Å². The van der Waals surface area contributed by atoms with Gasteiger partial charge in [0.25, 0.3) is 0 Å². The number of thiazole rings is 1. The van der Waals surface area contributed by atoms with Gasteiger partial charge in [-0.1, -0.05) is 11.8 Å². The number of hydrogen-bond donors (Lipinski definition) is 2. The molecule has 0 aliphatic heterocycles. The minimum atomic E-state index is -0.422. The Bertz CT molecular complexity index is 975. The highest BCUT2D eigenvalue weighted by Crippen LogP contribution is 2.24. The van der Waals surface area contributed by atoms with Gasteiger partial charge in [0.2, 0.25) is 11.8 Å². The molecule has 0 aliphatic carbocycles. The second-order valence-electron chi connectivity index (χ2n) is 5.96. The van der Waals surface area contributed by atoms with Crippen molar-refractivity contribution in [3.05, 3.63) is 47.5 Å². The fraction of sp³-hybridized carbons (Fsp3) is 0.278. The van der Waals surface area contributed by atoms with E-state index < -0.39 is 5.25 Å². The summed E-state index contributed by atoms with van der Waals surface area (Å²) in [7, 11) is 0.